The minimum absolute atomic E-state index is 0.194. The Kier molecular flexibility index (Phi) is 2.84. The molecule has 6 nitrogen and oxygen atoms in total. The predicted molar refractivity (Wildman–Crippen MR) is 60.7 cm³/mol. The molecule has 0 amide bonds. The molecule has 2 rings (SSSR count). The number of nitrogens with zero attached hydrogens (tertiary/aromatic N) is 2. The Morgan fingerprint density at radius 3 is 2.39 bits per heavy atom. The van der Waals surface area contributed by atoms with Crippen molar-refractivity contribution in [2.24, 2.45) is 0 Å². The number of rotatable bonds is 2. The van der Waals surface area contributed by atoms with Crippen LogP contribution < -0.4 is 5.11 Å². The van der Waals surface area contributed by atoms with Gasteiger partial charge in [0, 0.05) is 5.56 Å². The van der Waals surface area contributed by atoms with Gasteiger partial charge in [0.05, 0.1) is 0 Å². The van der Waals surface area contributed by atoms with E-state index in [1.165, 1.54) is 0 Å². The second-order valence-electron chi connectivity index (χ2n) is 4.64. The SMILES string of the molecule is CC1(C)C(c2ccccc2)=[N+]([O-])[C@@H](C(=O)[O-])N1O. The van der Waals surface area contributed by atoms with Crippen molar-refractivity contribution in [3.63, 3.8) is 0 Å². The van der Waals surface area contributed by atoms with E-state index in [9.17, 15) is 20.3 Å². The van der Waals surface area contributed by atoms with Crippen LogP contribution in [0.25, 0.3) is 0 Å². The summed E-state index contributed by atoms with van der Waals surface area (Å²) >= 11 is 0. The Morgan fingerprint density at radius 1 is 1.39 bits per heavy atom. The summed E-state index contributed by atoms with van der Waals surface area (Å²) in [5.41, 5.74) is -0.339. The van der Waals surface area contributed by atoms with Crippen LogP contribution in [-0.4, -0.2) is 38.4 Å². The maximum absolute atomic E-state index is 12.0. The van der Waals surface area contributed by atoms with Crippen molar-refractivity contribution in [2.45, 2.75) is 25.6 Å². The number of hydrogen-bond donors (Lipinski definition) is 1. The number of aliphatic carboxylic acids is 1. The van der Waals surface area contributed by atoms with E-state index in [2.05, 4.69) is 0 Å². The first-order valence-corrected chi connectivity index (χ1v) is 5.45. The summed E-state index contributed by atoms with van der Waals surface area (Å²) in [4.78, 5) is 10.9. The molecule has 1 aromatic carbocycles. The van der Waals surface area contributed by atoms with Crippen LogP contribution in [0.1, 0.15) is 19.4 Å². The maximum atomic E-state index is 12.0. The molecule has 0 fully saturated rings. The summed E-state index contributed by atoms with van der Waals surface area (Å²) in [7, 11) is 0. The molecule has 0 saturated carbocycles. The van der Waals surface area contributed by atoms with Gasteiger partial charge in [0.25, 0.3) is 6.17 Å². The van der Waals surface area contributed by atoms with Gasteiger partial charge in [-0.05, 0) is 26.0 Å². The van der Waals surface area contributed by atoms with Gasteiger partial charge >= 0.3 is 0 Å². The monoisotopic (exact) mass is 249 g/mol. The van der Waals surface area contributed by atoms with E-state index < -0.39 is 17.7 Å². The molecule has 1 N–H and O–H groups in total. The number of hydroxylamine groups is 3. The van der Waals surface area contributed by atoms with Gasteiger partial charge in [-0.15, -0.1) is 5.06 Å². The molecule has 0 bridgehead atoms. The van der Waals surface area contributed by atoms with Gasteiger partial charge in [-0.25, -0.2) is 0 Å². The van der Waals surface area contributed by atoms with E-state index in [1.54, 1.807) is 44.2 Å². The van der Waals surface area contributed by atoms with Crippen molar-refractivity contribution in [3.05, 3.63) is 41.1 Å². The minimum Gasteiger partial charge on any atom is -0.622 e. The third kappa shape index (κ3) is 1.66. The fourth-order valence-electron chi connectivity index (χ4n) is 2.18. The van der Waals surface area contributed by atoms with E-state index >= 15 is 0 Å². The first-order chi connectivity index (χ1) is 8.37. The molecule has 6 heteroatoms. The smallest absolute Gasteiger partial charge is 0.282 e. The molecule has 1 aromatic rings. The third-order valence-electron chi connectivity index (χ3n) is 3.08. The summed E-state index contributed by atoms with van der Waals surface area (Å²) in [5, 5.41) is 33.3. The molecule has 0 radical (unpaired) electrons. The number of carboxylic acids is 1. The van der Waals surface area contributed by atoms with Gasteiger partial charge < -0.3 is 20.3 Å². The van der Waals surface area contributed by atoms with Crippen LogP contribution in [0.5, 0.6) is 0 Å². The lowest BCUT2D eigenvalue weighted by Crippen LogP contribution is -2.53. The molecule has 1 aliphatic heterocycles. The Morgan fingerprint density at radius 2 is 1.94 bits per heavy atom. The van der Waals surface area contributed by atoms with E-state index in [0.717, 1.165) is 0 Å². The average Bonchev–Trinajstić information content (AvgIpc) is 2.46. The fraction of sp³-hybridized carbons (Fsp3) is 0.333. The first-order valence-electron chi connectivity index (χ1n) is 5.45. The van der Waals surface area contributed by atoms with Crippen LogP contribution in [0.15, 0.2) is 30.3 Å². The highest BCUT2D eigenvalue weighted by Crippen LogP contribution is 2.28. The molecule has 18 heavy (non-hydrogen) atoms. The van der Waals surface area contributed by atoms with Gasteiger partial charge in [0.2, 0.25) is 5.71 Å². The van der Waals surface area contributed by atoms with E-state index in [4.69, 9.17) is 0 Å². The highest BCUT2D eigenvalue weighted by molar-refractivity contribution is 6.05. The lowest BCUT2D eigenvalue weighted by molar-refractivity contribution is -0.536. The second kappa shape index (κ2) is 4.08. The highest BCUT2D eigenvalue weighted by Gasteiger charge is 2.52. The topological polar surface area (TPSA) is 89.7 Å². The summed E-state index contributed by atoms with van der Waals surface area (Å²) in [5.74, 6) is -1.63. The molecule has 0 unspecified atom stereocenters. The third-order valence-corrected chi connectivity index (χ3v) is 3.08. The second-order valence-corrected chi connectivity index (χ2v) is 4.64. The van der Waals surface area contributed by atoms with Crippen molar-refractivity contribution in [3.8, 4) is 0 Å². The molecule has 1 aliphatic rings. The molecule has 96 valence electrons. The van der Waals surface area contributed by atoms with Crippen molar-refractivity contribution >= 4 is 11.7 Å². The summed E-state index contributed by atoms with van der Waals surface area (Å²) in [6.07, 6.45) is -1.73. The van der Waals surface area contributed by atoms with Crippen LogP contribution >= 0.6 is 0 Å². The maximum Gasteiger partial charge on any atom is 0.282 e. The minimum atomic E-state index is -1.73. The van der Waals surface area contributed by atoms with E-state index in [1.807, 2.05) is 0 Å². The standard InChI is InChI=1S/C12H14N2O4/c1-12(2)9(8-6-4-3-5-7-8)13(17)10(11(15)16)14(12)18/h3-7,10,18H,1-2H3,(H,15,16)/p-1/t10-/m1/s1. The highest BCUT2D eigenvalue weighted by atomic mass is 16.6. The van der Waals surface area contributed by atoms with Gasteiger partial charge in [-0.3, -0.25) is 0 Å². The molecule has 1 atom stereocenters. The molecule has 0 aromatic heterocycles. The zero-order valence-electron chi connectivity index (χ0n) is 10.0. The quantitative estimate of drug-likeness (QED) is 0.566. The lowest BCUT2D eigenvalue weighted by Gasteiger charge is -2.25. The molecular weight excluding hydrogens is 236 g/mol. The van der Waals surface area contributed by atoms with Gasteiger partial charge in [0.15, 0.2) is 0 Å². The zero-order chi connectivity index (χ0) is 13.5. The molecule has 0 spiro atoms. The van der Waals surface area contributed by atoms with Gasteiger partial charge in [-0.1, -0.05) is 18.2 Å². The molecule has 0 aliphatic carbocycles. The van der Waals surface area contributed by atoms with Crippen molar-refractivity contribution in [1.82, 2.24) is 5.06 Å². The van der Waals surface area contributed by atoms with Crippen LogP contribution in [0.4, 0.5) is 0 Å². The van der Waals surface area contributed by atoms with Crippen molar-refractivity contribution in [1.29, 1.82) is 0 Å². The van der Waals surface area contributed by atoms with E-state index in [-0.39, 0.29) is 10.5 Å². The van der Waals surface area contributed by atoms with Crippen molar-refractivity contribution < 1.29 is 19.8 Å². The largest absolute Gasteiger partial charge is 0.622 e. The van der Waals surface area contributed by atoms with Crippen LogP contribution in [0.3, 0.4) is 0 Å². The number of carboxylic acid groups (broad SMARTS) is 1. The van der Waals surface area contributed by atoms with Gasteiger partial charge in [-0.2, -0.15) is 4.74 Å². The Hall–Kier alpha value is -1.92. The van der Waals surface area contributed by atoms with E-state index in [0.29, 0.717) is 10.6 Å². The first kappa shape index (κ1) is 12.5. The number of hydrogen-bond acceptors (Lipinski definition) is 5. The molecular formula is C12H13N2O4-. The Balaban J connectivity index is 2.59. The van der Waals surface area contributed by atoms with Crippen molar-refractivity contribution in [2.75, 3.05) is 0 Å². The average molecular weight is 249 g/mol. The van der Waals surface area contributed by atoms with Gasteiger partial charge in [0.1, 0.15) is 11.5 Å². The number of carbonyl (C=O) groups is 1. The normalized spacial score (nSPS) is 23.4. The molecule has 1 heterocycles. The number of carbonyl (C=O) groups excluding carboxylic acids is 1. The zero-order valence-corrected chi connectivity index (χ0v) is 10.0. The Labute approximate surface area is 104 Å². The molecule has 0 saturated heterocycles. The predicted octanol–water partition coefficient (Wildman–Crippen LogP) is -0.455. The summed E-state index contributed by atoms with van der Waals surface area (Å²) in [6, 6.07) is 8.63. The van der Waals surface area contributed by atoms with Crippen LogP contribution in [0.2, 0.25) is 0 Å². The summed E-state index contributed by atoms with van der Waals surface area (Å²) in [6.45, 7) is 3.15. The fourth-order valence-corrected chi connectivity index (χ4v) is 2.18. The Bertz CT molecular complexity index is 510. The lowest BCUT2D eigenvalue weighted by atomic mass is 9.93. The summed E-state index contributed by atoms with van der Waals surface area (Å²) < 4.78 is 0.282. The van der Waals surface area contributed by atoms with Crippen LogP contribution in [-0.2, 0) is 4.79 Å². The number of benzene rings is 1. The van der Waals surface area contributed by atoms with Crippen LogP contribution in [0, 0.1) is 5.21 Å².